The summed E-state index contributed by atoms with van der Waals surface area (Å²) in [5, 5.41) is 6.87. The summed E-state index contributed by atoms with van der Waals surface area (Å²) in [4.78, 5) is 31.0. The highest BCUT2D eigenvalue weighted by Crippen LogP contribution is 2.39. The van der Waals surface area contributed by atoms with Crippen molar-refractivity contribution in [3.8, 4) is 11.5 Å². The van der Waals surface area contributed by atoms with E-state index in [1.54, 1.807) is 36.4 Å². The second kappa shape index (κ2) is 11.8. The predicted molar refractivity (Wildman–Crippen MR) is 173 cm³/mol. The third kappa shape index (κ3) is 6.73. The number of carbonyl (C=O) groups excluding carboxylic acids is 2. The minimum atomic E-state index is -1.95. The number of aryl methyl sites for hydroxylation is 1. The lowest BCUT2D eigenvalue weighted by Crippen LogP contribution is -2.41. The van der Waals surface area contributed by atoms with E-state index in [0.717, 1.165) is 22.2 Å². The Kier molecular flexibility index (Phi) is 8.31. The van der Waals surface area contributed by atoms with Crippen LogP contribution in [0.15, 0.2) is 66.7 Å². The maximum Gasteiger partial charge on any atom is 0.255 e. The van der Waals surface area contributed by atoms with E-state index in [1.807, 2.05) is 44.2 Å². The van der Waals surface area contributed by atoms with Crippen molar-refractivity contribution < 1.29 is 23.5 Å². The van der Waals surface area contributed by atoms with E-state index in [0.29, 0.717) is 47.2 Å². The number of nitrogens with zero attached hydrogens (tertiary/aromatic N) is 1. The molecule has 8 nitrogen and oxygen atoms in total. The molecule has 1 aliphatic heterocycles. The molecule has 3 aromatic carbocycles. The number of rotatable bonds is 7. The molecule has 2 N–H and O–H groups in total. The standard InChI is InChI=1S/C34H39N3O5Si/c1-21-8-12-26(35-32(38)25-11-15-30-31(19-25)41-17-16-40-30)20-29(21)37-33(39)24-10-14-28-23(18-24)9-13-27(36-28)22(2)42-43(6,7)34(3,4)5/h8-15,18-20,22H,16-17H2,1-7H3,(H,35,38)(H,37,39). The summed E-state index contributed by atoms with van der Waals surface area (Å²) in [6, 6.07) is 19.9. The number of benzene rings is 3. The van der Waals surface area contributed by atoms with Gasteiger partial charge in [-0.05, 0) is 92.1 Å². The number of hydrogen-bond acceptors (Lipinski definition) is 6. The number of fused-ring (bicyclic) bond motifs is 2. The van der Waals surface area contributed by atoms with Crippen molar-refractivity contribution in [2.24, 2.45) is 0 Å². The molecular weight excluding hydrogens is 558 g/mol. The maximum absolute atomic E-state index is 13.3. The first-order chi connectivity index (χ1) is 20.3. The third-order valence-electron chi connectivity index (χ3n) is 8.22. The molecule has 0 bridgehead atoms. The van der Waals surface area contributed by atoms with Gasteiger partial charge in [-0.2, -0.15) is 0 Å². The van der Waals surface area contributed by atoms with Gasteiger partial charge in [-0.15, -0.1) is 0 Å². The largest absolute Gasteiger partial charge is 0.486 e. The Morgan fingerprint density at radius 1 is 0.860 bits per heavy atom. The van der Waals surface area contributed by atoms with Gasteiger partial charge < -0.3 is 24.5 Å². The minimum absolute atomic E-state index is 0.108. The van der Waals surface area contributed by atoms with Crippen LogP contribution in [0.1, 0.15) is 65.8 Å². The van der Waals surface area contributed by atoms with Crippen molar-refractivity contribution in [1.29, 1.82) is 0 Å². The normalized spacial score (nSPS) is 13.8. The molecule has 43 heavy (non-hydrogen) atoms. The molecule has 0 saturated carbocycles. The Morgan fingerprint density at radius 3 is 2.28 bits per heavy atom. The van der Waals surface area contributed by atoms with Gasteiger partial charge in [-0.1, -0.05) is 32.9 Å². The highest BCUT2D eigenvalue weighted by molar-refractivity contribution is 6.74. The van der Waals surface area contributed by atoms with E-state index in [4.69, 9.17) is 18.9 Å². The van der Waals surface area contributed by atoms with Gasteiger partial charge in [0.2, 0.25) is 0 Å². The van der Waals surface area contributed by atoms with Crippen LogP contribution in [0.4, 0.5) is 11.4 Å². The SMILES string of the molecule is Cc1ccc(NC(=O)c2ccc3c(c2)OCCO3)cc1NC(=O)c1ccc2nc(C(C)O[Si](C)(C)C(C)(C)C)ccc2c1. The van der Waals surface area contributed by atoms with Gasteiger partial charge in [0.05, 0.1) is 17.3 Å². The summed E-state index contributed by atoms with van der Waals surface area (Å²) in [5.41, 5.74) is 4.68. The number of amides is 2. The summed E-state index contributed by atoms with van der Waals surface area (Å²) < 4.78 is 17.7. The molecule has 4 aromatic rings. The fraction of sp³-hybridized carbons (Fsp3) is 0.324. The smallest absolute Gasteiger partial charge is 0.255 e. The number of pyridine rings is 1. The molecular formula is C34H39N3O5Si. The van der Waals surface area contributed by atoms with Gasteiger partial charge in [0.25, 0.3) is 11.8 Å². The van der Waals surface area contributed by atoms with Crippen LogP contribution in [0.25, 0.3) is 10.9 Å². The molecule has 2 amide bonds. The molecule has 9 heteroatoms. The quantitative estimate of drug-likeness (QED) is 0.210. The third-order valence-corrected chi connectivity index (χ3v) is 12.8. The Morgan fingerprint density at radius 2 is 1.53 bits per heavy atom. The summed E-state index contributed by atoms with van der Waals surface area (Å²) in [6.07, 6.45) is -0.126. The molecule has 1 aliphatic rings. The average Bonchev–Trinajstić information content (AvgIpc) is 2.97. The summed E-state index contributed by atoms with van der Waals surface area (Å²) >= 11 is 0. The van der Waals surface area contributed by atoms with Crippen LogP contribution < -0.4 is 20.1 Å². The van der Waals surface area contributed by atoms with E-state index in [2.05, 4.69) is 44.5 Å². The van der Waals surface area contributed by atoms with Gasteiger partial charge >= 0.3 is 0 Å². The lowest BCUT2D eigenvalue weighted by molar-refractivity contribution is 0.101. The van der Waals surface area contributed by atoms with E-state index in [1.165, 1.54) is 0 Å². The molecule has 5 rings (SSSR count). The van der Waals surface area contributed by atoms with E-state index in [-0.39, 0.29) is 23.0 Å². The zero-order chi connectivity index (χ0) is 30.9. The Balaban J connectivity index is 1.28. The Hall–Kier alpha value is -4.21. The summed E-state index contributed by atoms with van der Waals surface area (Å²) in [7, 11) is -1.95. The van der Waals surface area contributed by atoms with Crippen LogP contribution >= 0.6 is 0 Å². The number of carbonyl (C=O) groups is 2. The molecule has 0 radical (unpaired) electrons. The average molecular weight is 598 g/mol. The van der Waals surface area contributed by atoms with Gasteiger partial charge in [0.15, 0.2) is 19.8 Å². The van der Waals surface area contributed by atoms with Crippen molar-refractivity contribution >= 4 is 42.4 Å². The van der Waals surface area contributed by atoms with Crippen molar-refractivity contribution in [1.82, 2.24) is 4.98 Å². The first-order valence-electron chi connectivity index (χ1n) is 14.5. The van der Waals surface area contributed by atoms with E-state index >= 15 is 0 Å². The Bertz CT molecular complexity index is 1700. The van der Waals surface area contributed by atoms with Crippen molar-refractivity contribution in [2.75, 3.05) is 23.8 Å². The van der Waals surface area contributed by atoms with Crippen LogP contribution in [0.3, 0.4) is 0 Å². The monoisotopic (exact) mass is 597 g/mol. The number of aromatic nitrogens is 1. The van der Waals surface area contributed by atoms with Crippen LogP contribution in [0, 0.1) is 6.92 Å². The molecule has 0 aliphatic carbocycles. The fourth-order valence-corrected chi connectivity index (χ4v) is 5.96. The van der Waals surface area contributed by atoms with Gasteiger partial charge in [-0.3, -0.25) is 14.6 Å². The highest BCUT2D eigenvalue weighted by atomic mass is 28.4. The summed E-state index contributed by atoms with van der Waals surface area (Å²) in [6.45, 7) is 16.0. The van der Waals surface area contributed by atoms with Crippen LogP contribution in [-0.2, 0) is 4.43 Å². The topological polar surface area (TPSA) is 98.8 Å². The zero-order valence-corrected chi connectivity index (χ0v) is 26.8. The van der Waals surface area contributed by atoms with Gasteiger partial charge in [-0.25, -0.2) is 0 Å². The molecule has 2 heterocycles. The number of ether oxygens (including phenoxy) is 2. The number of nitrogens with one attached hydrogen (secondary N) is 2. The second-order valence-electron chi connectivity index (χ2n) is 12.5. The molecule has 1 unspecified atom stereocenters. The number of hydrogen-bond donors (Lipinski definition) is 2. The molecule has 0 fully saturated rings. The first kappa shape index (κ1) is 30.3. The lowest BCUT2D eigenvalue weighted by atomic mass is 10.1. The molecule has 1 aromatic heterocycles. The van der Waals surface area contributed by atoms with Crippen LogP contribution in [0.2, 0.25) is 18.1 Å². The minimum Gasteiger partial charge on any atom is -0.486 e. The van der Waals surface area contributed by atoms with Gasteiger partial charge in [0.1, 0.15) is 13.2 Å². The predicted octanol–water partition coefficient (Wildman–Crippen LogP) is 7.90. The second-order valence-corrected chi connectivity index (χ2v) is 17.2. The maximum atomic E-state index is 13.3. The summed E-state index contributed by atoms with van der Waals surface area (Å²) in [5.74, 6) is 0.632. The Labute approximate surface area is 253 Å². The molecule has 224 valence electrons. The van der Waals surface area contributed by atoms with Gasteiger partial charge in [0, 0.05) is 27.9 Å². The zero-order valence-electron chi connectivity index (χ0n) is 25.8. The number of anilines is 2. The van der Waals surface area contributed by atoms with Crippen molar-refractivity contribution in [3.63, 3.8) is 0 Å². The molecule has 0 saturated heterocycles. The van der Waals surface area contributed by atoms with Crippen molar-refractivity contribution in [3.05, 3.63) is 89.1 Å². The van der Waals surface area contributed by atoms with E-state index < -0.39 is 8.32 Å². The van der Waals surface area contributed by atoms with Crippen LogP contribution in [-0.4, -0.2) is 38.3 Å². The first-order valence-corrected chi connectivity index (χ1v) is 17.4. The van der Waals surface area contributed by atoms with Crippen LogP contribution in [0.5, 0.6) is 11.5 Å². The molecule has 1 atom stereocenters. The molecule has 0 spiro atoms. The fourth-order valence-electron chi connectivity index (χ4n) is 4.60. The highest BCUT2D eigenvalue weighted by Gasteiger charge is 2.38. The van der Waals surface area contributed by atoms with Crippen molar-refractivity contribution in [2.45, 2.75) is 58.9 Å². The lowest BCUT2D eigenvalue weighted by Gasteiger charge is -2.38. The van der Waals surface area contributed by atoms with E-state index in [9.17, 15) is 9.59 Å².